The molecule has 2 aliphatic carbocycles. The number of aryl methyl sites for hydroxylation is 2. The first-order chi connectivity index (χ1) is 11.5. The van der Waals surface area contributed by atoms with Crippen molar-refractivity contribution >= 4 is 27.7 Å². The average molecular weight is 367 g/mol. The van der Waals surface area contributed by atoms with Gasteiger partial charge in [-0.2, -0.15) is 4.31 Å². The highest BCUT2D eigenvalue weighted by molar-refractivity contribution is 8.00. The van der Waals surface area contributed by atoms with Crippen molar-refractivity contribution in [2.24, 2.45) is 0 Å². The zero-order valence-electron chi connectivity index (χ0n) is 13.8. The number of fused-ring (bicyclic) bond motifs is 1. The van der Waals surface area contributed by atoms with Crippen molar-refractivity contribution in [3.63, 3.8) is 0 Å². The van der Waals surface area contributed by atoms with E-state index >= 15 is 0 Å². The summed E-state index contributed by atoms with van der Waals surface area (Å²) in [5, 5.41) is 0. The molecular formula is C17H22N2O3S2. The third kappa shape index (κ3) is 2.76. The van der Waals surface area contributed by atoms with Crippen LogP contribution in [0.5, 0.6) is 0 Å². The lowest BCUT2D eigenvalue weighted by molar-refractivity contribution is -0.133. The van der Waals surface area contributed by atoms with E-state index in [-0.39, 0.29) is 5.91 Å². The summed E-state index contributed by atoms with van der Waals surface area (Å²) in [6.07, 6.45) is 5.12. The van der Waals surface area contributed by atoms with Crippen LogP contribution in [0.25, 0.3) is 0 Å². The van der Waals surface area contributed by atoms with Gasteiger partial charge < -0.3 is 4.90 Å². The summed E-state index contributed by atoms with van der Waals surface area (Å²) >= 11 is 1.51. The third-order valence-corrected chi connectivity index (χ3v) is 8.27. The Kier molecular flexibility index (Phi) is 4.13. The number of carbonyl (C=O) groups excluding carboxylic acids is 1. The maximum Gasteiger partial charge on any atom is 0.244 e. The molecular weight excluding hydrogens is 344 g/mol. The van der Waals surface area contributed by atoms with Crippen LogP contribution in [0.4, 0.5) is 0 Å². The summed E-state index contributed by atoms with van der Waals surface area (Å²) < 4.78 is 27.6. The molecule has 130 valence electrons. The molecule has 0 spiro atoms. The molecule has 1 atom stereocenters. The zero-order valence-corrected chi connectivity index (χ0v) is 15.4. The molecule has 24 heavy (non-hydrogen) atoms. The molecule has 1 unspecified atom stereocenters. The van der Waals surface area contributed by atoms with Crippen LogP contribution < -0.4 is 0 Å². The Bertz CT molecular complexity index is 774. The second kappa shape index (κ2) is 6.04. The van der Waals surface area contributed by atoms with Gasteiger partial charge in [0.25, 0.3) is 0 Å². The molecule has 7 heteroatoms. The van der Waals surface area contributed by atoms with E-state index in [0.717, 1.165) is 37.7 Å². The monoisotopic (exact) mass is 366 g/mol. The molecule has 1 aromatic rings. The molecule has 5 nitrogen and oxygen atoms in total. The van der Waals surface area contributed by atoms with Gasteiger partial charge in [0.2, 0.25) is 15.9 Å². The van der Waals surface area contributed by atoms with E-state index in [1.165, 1.54) is 21.6 Å². The Hall–Kier alpha value is -1.05. The van der Waals surface area contributed by atoms with Crippen molar-refractivity contribution in [1.82, 2.24) is 9.21 Å². The van der Waals surface area contributed by atoms with Crippen LogP contribution in [-0.4, -0.2) is 54.3 Å². The van der Waals surface area contributed by atoms with Crippen molar-refractivity contribution in [2.75, 3.05) is 18.7 Å². The Morgan fingerprint density at radius 2 is 2.00 bits per heavy atom. The molecule has 0 aromatic heterocycles. The van der Waals surface area contributed by atoms with E-state index < -0.39 is 16.1 Å². The van der Waals surface area contributed by atoms with E-state index in [2.05, 4.69) is 0 Å². The van der Waals surface area contributed by atoms with Gasteiger partial charge in [0.15, 0.2) is 0 Å². The minimum Gasteiger partial charge on any atom is -0.341 e. The maximum absolute atomic E-state index is 13.1. The summed E-state index contributed by atoms with van der Waals surface area (Å²) in [6.45, 7) is 0. The number of carbonyl (C=O) groups is 1. The first-order valence-corrected chi connectivity index (χ1v) is 11.1. The number of thioether (sulfide) groups is 1. The maximum atomic E-state index is 13.1. The predicted molar refractivity (Wildman–Crippen MR) is 94.4 cm³/mol. The zero-order chi connectivity index (χ0) is 16.9. The Balaban J connectivity index is 1.61. The van der Waals surface area contributed by atoms with Crippen LogP contribution in [0.1, 0.15) is 30.4 Å². The van der Waals surface area contributed by atoms with Crippen molar-refractivity contribution in [3.8, 4) is 0 Å². The Morgan fingerprint density at radius 1 is 1.25 bits per heavy atom. The van der Waals surface area contributed by atoms with Crippen LogP contribution in [0, 0.1) is 0 Å². The number of rotatable bonds is 4. The SMILES string of the molecule is CN(C(=O)C1CSCN1S(=O)(=O)c1ccc2c(c1)CCC2)C1CC1. The smallest absolute Gasteiger partial charge is 0.244 e. The number of nitrogens with zero attached hydrogens (tertiary/aromatic N) is 2. The second-order valence-electron chi connectivity index (χ2n) is 6.87. The van der Waals surface area contributed by atoms with Gasteiger partial charge in [-0.1, -0.05) is 6.07 Å². The summed E-state index contributed by atoms with van der Waals surface area (Å²) in [6, 6.07) is 5.18. The molecule has 1 aromatic carbocycles. The fourth-order valence-electron chi connectivity index (χ4n) is 3.58. The van der Waals surface area contributed by atoms with Gasteiger partial charge in [0.05, 0.1) is 10.8 Å². The van der Waals surface area contributed by atoms with Crippen LogP contribution in [0.3, 0.4) is 0 Å². The third-order valence-electron chi connectivity index (χ3n) is 5.25. The van der Waals surface area contributed by atoms with E-state index in [0.29, 0.717) is 22.6 Å². The molecule has 0 radical (unpaired) electrons. The van der Waals surface area contributed by atoms with Crippen LogP contribution >= 0.6 is 11.8 Å². The minimum absolute atomic E-state index is 0.0627. The molecule has 1 heterocycles. The van der Waals surface area contributed by atoms with Crippen molar-refractivity contribution in [2.45, 2.75) is 49.1 Å². The topological polar surface area (TPSA) is 57.7 Å². The van der Waals surface area contributed by atoms with Crippen LogP contribution in [-0.2, 0) is 27.7 Å². The fraction of sp³-hybridized carbons (Fsp3) is 0.588. The fourth-order valence-corrected chi connectivity index (χ4v) is 6.77. The lowest BCUT2D eigenvalue weighted by Gasteiger charge is -2.27. The normalized spacial score (nSPS) is 24.1. The highest BCUT2D eigenvalue weighted by atomic mass is 32.2. The number of hydrogen-bond donors (Lipinski definition) is 0. The minimum atomic E-state index is -3.63. The molecule has 1 saturated heterocycles. The van der Waals surface area contributed by atoms with Gasteiger partial charge in [0, 0.05) is 18.8 Å². The summed E-state index contributed by atoms with van der Waals surface area (Å²) in [5.74, 6) is 0.834. The van der Waals surface area contributed by atoms with E-state index in [1.807, 2.05) is 12.1 Å². The summed E-state index contributed by atoms with van der Waals surface area (Å²) in [5.41, 5.74) is 2.40. The molecule has 2 fully saturated rings. The molecule has 1 aliphatic heterocycles. The lowest BCUT2D eigenvalue weighted by Crippen LogP contribution is -2.48. The van der Waals surface area contributed by atoms with Crippen molar-refractivity contribution in [3.05, 3.63) is 29.3 Å². The number of likely N-dealkylation sites (N-methyl/N-ethyl adjacent to an activating group) is 1. The van der Waals surface area contributed by atoms with Gasteiger partial charge in [-0.3, -0.25) is 4.79 Å². The number of sulfonamides is 1. The standard InChI is InChI=1S/C17H22N2O3S2/c1-18(14-6-7-14)17(20)16-10-23-11-19(16)24(21,22)15-8-5-12-3-2-4-13(12)9-15/h5,8-9,14,16H,2-4,6-7,10-11H2,1H3. The van der Waals surface area contributed by atoms with Gasteiger partial charge in [-0.25, -0.2) is 8.42 Å². The van der Waals surface area contributed by atoms with Crippen LogP contribution in [0.15, 0.2) is 23.1 Å². The van der Waals surface area contributed by atoms with Crippen LogP contribution in [0.2, 0.25) is 0 Å². The molecule has 1 amide bonds. The molecule has 0 N–H and O–H groups in total. The summed E-state index contributed by atoms with van der Waals surface area (Å²) in [7, 11) is -1.83. The van der Waals surface area contributed by atoms with E-state index in [9.17, 15) is 13.2 Å². The van der Waals surface area contributed by atoms with Gasteiger partial charge in [-0.05, 0) is 55.4 Å². The molecule has 0 bridgehead atoms. The van der Waals surface area contributed by atoms with E-state index in [1.54, 1.807) is 18.0 Å². The van der Waals surface area contributed by atoms with Gasteiger partial charge in [0.1, 0.15) is 6.04 Å². The predicted octanol–water partition coefficient (Wildman–Crippen LogP) is 1.86. The lowest BCUT2D eigenvalue weighted by atomic mass is 10.1. The molecule has 3 aliphatic rings. The number of amides is 1. The quantitative estimate of drug-likeness (QED) is 0.816. The Morgan fingerprint density at radius 3 is 2.75 bits per heavy atom. The first-order valence-electron chi connectivity index (χ1n) is 8.46. The van der Waals surface area contributed by atoms with Gasteiger partial charge in [-0.15, -0.1) is 11.8 Å². The van der Waals surface area contributed by atoms with Crippen molar-refractivity contribution in [1.29, 1.82) is 0 Å². The number of hydrogen-bond acceptors (Lipinski definition) is 4. The second-order valence-corrected chi connectivity index (χ2v) is 9.76. The molecule has 4 rings (SSSR count). The average Bonchev–Trinajstić information content (AvgIpc) is 3.11. The summed E-state index contributed by atoms with van der Waals surface area (Å²) in [4.78, 5) is 14.8. The van der Waals surface area contributed by atoms with E-state index in [4.69, 9.17) is 0 Å². The van der Waals surface area contributed by atoms with Crippen molar-refractivity contribution < 1.29 is 13.2 Å². The first kappa shape index (κ1) is 16.4. The Labute approximate surface area is 147 Å². The largest absolute Gasteiger partial charge is 0.341 e. The number of benzene rings is 1. The highest BCUT2D eigenvalue weighted by Crippen LogP contribution is 2.33. The molecule has 1 saturated carbocycles. The van der Waals surface area contributed by atoms with Gasteiger partial charge >= 0.3 is 0 Å². The highest BCUT2D eigenvalue weighted by Gasteiger charge is 2.43.